The number of ether oxygens (including phenoxy) is 1. The highest BCUT2D eigenvalue weighted by Crippen LogP contribution is 2.18. The number of hydrogen-bond donors (Lipinski definition) is 2. The van der Waals surface area contributed by atoms with E-state index >= 15 is 0 Å². The van der Waals surface area contributed by atoms with Crippen molar-refractivity contribution in [1.82, 2.24) is 15.6 Å². The molecule has 0 amide bonds. The fourth-order valence-corrected chi connectivity index (χ4v) is 1.39. The van der Waals surface area contributed by atoms with Crippen molar-refractivity contribution >= 4 is 5.96 Å². The van der Waals surface area contributed by atoms with Gasteiger partial charge in [-0.05, 0) is 25.0 Å². The van der Waals surface area contributed by atoms with E-state index in [2.05, 4.69) is 20.6 Å². The van der Waals surface area contributed by atoms with Crippen molar-refractivity contribution < 1.29 is 4.74 Å². The second-order valence-corrected chi connectivity index (χ2v) is 3.95. The van der Waals surface area contributed by atoms with Gasteiger partial charge in [-0.25, -0.2) is 0 Å². The third-order valence-corrected chi connectivity index (χ3v) is 2.44. The molecule has 0 aliphatic heterocycles. The quantitative estimate of drug-likeness (QED) is 0.449. The van der Waals surface area contributed by atoms with Gasteiger partial charge in [0.25, 0.3) is 0 Å². The minimum Gasteiger partial charge on any atom is -0.490 e. The third-order valence-electron chi connectivity index (χ3n) is 2.44. The third kappa shape index (κ3) is 4.30. The summed E-state index contributed by atoms with van der Waals surface area (Å²) >= 11 is 0. The zero-order valence-electron chi connectivity index (χ0n) is 10.0. The molecule has 5 heteroatoms. The maximum atomic E-state index is 5.51. The van der Waals surface area contributed by atoms with Crippen LogP contribution in [0.1, 0.15) is 12.8 Å². The number of nitrogens with zero attached hydrogens (tertiary/aromatic N) is 2. The second kappa shape index (κ2) is 6.08. The first-order valence-electron chi connectivity index (χ1n) is 5.88. The van der Waals surface area contributed by atoms with Crippen molar-refractivity contribution in [3.05, 3.63) is 24.5 Å². The molecule has 0 aromatic carbocycles. The van der Waals surface area contributed by atoms with Crippen LogP contribution in [0.25, 0.3) is 0 Å². The van der Waals surface area contributed by atoms with Gasteiger partial charge in [-0.15, -0.1) is 0 Å². The zero-order valence-corrected chi connectivity index (χ0v) is 10.0. The Hall–Kier alpha value is -1.78. The number of nitrogens with one attached hydrogen (secondary N) is 2. The highest BCUT2D eigenvalue weighted by molar-refractivity contribution is 5.80. The van der Waals surface area contributed by atoms with Gasteiger partial charge in [0.05, 0.1) is 12.7 Å². The molecular formula is C12H18N4O. The number of hydrogen-bond acceptors (Lipinski definition) is 3. The zero-order chi connectivity index (χ0) is 11.9. The van der Waals surface area contributed by atoms with Crippen molar-refractivity contribution in [3.8, 4) is 5.75 Å². The first kappa shape index (κ1) is 11.7. The summed E-state index contributed by atoms with van der Waals surface area (Å²) in [5.74, 6) is 1.64. The lowest BCUT2D eigenvalue weighted by Gasteiger charge is -2.11. The number of rotatable bonds is 5. The largest absolute Gasteiger partial charge is 0.490 e. The summed E-state index contributed by atoms with van der Waals surface area (Å²) in [6, 6.07) is 4.36. The molecule has 2 rings (SSSR count). The summed E-state index contributed by atoms with van der Waals surface area (Å²) in [6.07, 6.45) is 5.92. The molecular weight excluding hydrogens is 216 g/mol. The Labute approximate surface area is 101 Å². The minimum absolute atomic E-state index is 0.594. The predicted molar refractivity (Wildman–Crippen MR) is 67.3 cm³/mol. The monoisotopic (exact) mass is 234 g/mol. The van der Waals surface area contributed by atoms with E-state index in [0.29, 0.717) is 12.6 Å². The van der Waals surface area contributed by atoms with Crippen molar-refractivity contribution in [2.24, 2.45) is 4.99 Å². The summed E-state index contributed by atoms with van der Waals surface area (Å²) in [5, 5.41) is 6.51. The van der Waals surface area contributed by atoms with Gasteiger partial charge in [-0.1, -0.05) is 0 Å². The lowest BCUT2D eigenvalue weighted by atomic mass is 10.5. The van der Waals surface area contributed by atoms with E-state index in [9.17, 15) is 0 Å². The minimum atomic E-state index is 0.594. The maximum absolute atomic E-state index is 5.51. The van der Waals surface area contributed by atoms with Crippen LogP contribution in [0.4, 0.5) is 0 Å². The van der Waals surface area contributed by atoms with Crippen LogP contribution in [0.15, 0.2) is 29.5 Å². The van der Waals surface area contributed by atoms with Gasteiger partial charge in [0.15, 0.2) is 5.96 Å². The fourth-order valence-electron chi connectivity index (χ4n) is 1.39. The first-order valence-corrected chi connectivity index (χ1v) is 5.88. The molecule has 1 aliphatic carbocycles. The Morgan fingerprint density at radius 2 is 2.47 bits per heavy atom. The molecule has 92 valence electrons. The number of aliphatic imine (C=N–C) groups is 1. The standard InChI is InChI=1S/C12H18N4O/c1-13-12(16-10-4-5-10)15-7-8-17-11-3-2-6-14-9-11/h2-3,6,9-10H,4-5,7-8H2,1H3,(H2,13,15,16). The average Bonchev–Trinajstić information content (AvgIpc) is 3.18. The summed E-state index contributed by atoms with van der Waals surface area (Å²) in [6.45, 7) is 1.32. The van der Waals surface area contributed by atoms with Crippen LogP contribution in [0.3, 0.4) is 0 Å². The molecule has 0 unspecified atom stereocenters. The van der Waals surface area contributed by atoms with Crippen LogP contribution in [0.5, 0.6) is 5.75 Å². The maximum Gasteiger partial charge on any atom is 0.191 e. The van der Waals surface area contributed by atoms with Crippen molar-refractivity contribution in [2.75, 3.05) is 20.2 Å². The van der Waals surface area contributed by atoms with E-state index in [4.69, 9.17) is 4.74 Å². The van der Waals surface area contributed by atoms with E-state index in [-0.39, 0.29) is 0 Å². The molecule has 0 saturated heterocycles. The van der Waals surface area contributed by atoms with Crippen LogP contribution in [0, 0.1) is 0 Å². The Morgan fingerprint density at radius 3 is 3.12 bits per heavy atom. The lowest BCUT2D eigenvalue weighted by Crippen LogP contribution is -2.40. The fraction of sp³-hybridized carbons (Fsp3) is 0.500. The molecule has 1 aromatic heterocycles. The summed E-state index contributed by atoms with van der Waals surface area (Å²) in [4.78, 5) is 8.12. The van der Waals surface area contributed by atoms with Crippen LogP contribution >= 0.6 is 0 Å². The molecule has 0 radical (unpaired) electrons. The summed E-state index contributed by atoms with van der Waals surface area (Å²) in [7, 11) is 1.78. The van der Waals surface area contributed by atoms with Gasteiger partial charge < -0.3 is 15.4 Å². The summed E-state index contributed by atoms with van der Waals surface area (Å²) < 4.78 is 5.51. The van der Waals surface area contributed by atoms with E-state index in [1.54, 1.807) is 19.4 Å². The average molecular weight is 234 g/mol. The molecule has 0 bridgehead atoms. The van der Waals surface area contributed by atoms with Gasteiger partial charge in [0.2, 0.25) is 0 Å². The van der Waals surface area contributed by atoms with Crippen molar-refractivity contribution in [3.63, 3.8) is 0 Å². The molecule has 1 heterocycles. The molecule has 5 nitrogen and oxygen atoms in total. The van der Waals surface area contributed by atoms with Gasteiger partial charge in [0, 0.05) is 19.3 Å². The van der Waals surface area contributed by atoms with Crippen LogP contribution in [-0.2, 0) is 0 Å². The molecule has 0 spiro atoms. The Bertz CT molecular complexity index is 362. The number of aromatic nitrogens is 1. The molecule has 2 N–H and O–H groups in total. The Balaban J connectivity index is 1.61. The van der Waals surface area contributed by atoms with Crippen molar-refractivity contribution in [2.45, 2.75) is 18.9 Å². The molecule has 0 atom stereocenters. The van der Waals surface area contributed by atoms with Gasteiger partial charge >= 0.3 is 0 Å². The first-order chi connectivity index (χ1) is 8.38. The highest BCUT2D eigenvalue weighted by atomic mass is 16.5. The number of pyridine rings is 1. The predicted octanol–water partition coefficient (Wildman–Crippen LogP) is 0.788. The smallest absolute Gasteiger partial charge is 0.191 e. The van der Waals surface area contributed by atoms with Crippen LogP contribution < -0.4 is 15.4 Å². The van der Waals surface area contributed by atoms with E-state index in [1.165, 1.54) is 12.8 Å². The summed E-state index contributed by atoms with van der Waals surface area (Å²) in [5.41, 5.74) is 0. The van der Waals surface area contributed by atoms with Crippen LogP contribution in [0.2, 0.25) is 0 Å². The second-order valence-electron chi connectivity index (χ2n) is 3.95. The molecule has 17 heavy (non-hydrogen) atoms. The highest BCUT2D eigenvalue weighted by Gasteiger charge is 2.21. The van der Waals surface area contributed by atoms with Crippen LogP contribution in [-0.4, -0.2) is 37.2 Å². The lowest BCUT2D eigenvalue weighted by molar-refractivity contribution is 0.320. The van der Waals surface area contributed by atoms with Gasteiger partial charge in [-0.3, -0.25) is 9.98 Å². The SMILES string of the molecule is CN=C(NCCOc1cccnc1)NC1CC1. The Kier molecular flexibility index (Phi) is 4.18. The molecule has 1 aliphatic rings. The van der Waals surface area contributed by atoms with Gasteiger partial charge in [-0.2, -0.15) is 0 Å². The molecule has 1 aromatic rings. The topological polar surface area (TPSA) is 58.5 Å². The normalized spacial score (nSPS) is 15.5. The van der Waals surface area contributed by atoms with E-state index in [0.717, 1.165) is 18.3 Å². The molecule has 1 saturated carbocycles. The van der Waals surface area contributed by atoms with E-state index in [1.807, 2.05) is 12.1 Å². The molecule has 1 fully saturated rings. The van der Waals surface area contributed by atoms with E-state index < -0.39 is 0 Å². The number of guanidine groups is 1. The van der Waals surface area contributed by atoms with Gasteiger partial charge in [0.1, 0.15) is 12.4 Å². The van der Waals surface area contributed by atoms with Crippen molar-refractivity contribution in [1.29, 1.82) is 0 Å². The Morgan fingerprint density at radius 1 is 1.59 bits per heavy atom.